The number of aliphatic hydroxyl groups excluding tert-OH is 1. The number of amides is 1. The molecule has 0 aliphatic rings. The molecule has 1 unspecified atom stereocenters. The molecule has 0 spiro atoms. The quantitative estimate of drug-likeness (QED) is 0.648. The molecule has 1 atom stereocenters. The van der Waals surface area contributed by atoms with Crippen LogP contribution in [0.15, 0.2) is 12.7 Å². The van der Waals surface area contributed by atoms with Gasteiger partial charge in [0.25, 0.3) is 0 Å². The number of nitrogens with one attached hydrogen (secondary N) is 1. The van der Waals surface area contributed by atoms with Crippen molar-refractivity contribution in [3.63, 3.8) is 0 Å². The molecule has 3 nitrogen and oxygen atoms in total. The highest BCUT2D eigenvalue weighted by atomic mass is 19.4. The fourth-order valence-electron chi connectivity index (χ4n) is 0.552. The van der Waals surface area contributed by atoms with Crippen LogP contribution in [0.3, 0.4) is 0 Å². The summed E-state index contributed by atoms with van der Waals surface area (Å²) < 4.78 is 34.7. The first-order valence-electron chi connectivity index (χ1n) is 3.53. The summed E-state index contributed by atoms with van der Waals surface area (Å²) in [4.78, 5) is 10.2. The Morgan fingerprint density at radius 1 is 1.62 bits per heavy atom. The molecule has 0 rings (SSSR count). The van der Waals surface area contributed by atoms with Gasteiger partial charge in [-0.15, -0.1) is 6.58 Å². The highest BCUT2D eigenvalue weighted by Gasteiger charge is 2.38. The second-order valence-electron chi connectivity index (χ2n) is 2.35. The molecule has 0 saturated heterocycles. The molecule has 6 heteroatoms. The topological polar surface area (TPSA) is 49.3 Å². The van der Waals surface area contributed by atoms with Crippen LogP contribution in [0.5, 0.6) is 0 Å². The Hall–Kier alpha value is -1.04. The van der Waals surface area contributed by atoms with Gasteiger partial charge in [-0.25, -0.2) is 0 Å². The van der Waals surface area contributed by atoms with Gasteiger partial charge in [-0.05, 0) is 6.42 Å². The third-order valence-corrected chi connectivity index (χ3v) is 1.26. The van der Waals surface area contributed by atoms with Crippen molar-refractivity contribution in [3.8, 4) is 0 Å². The smallest absolute Gasteiger partial charge is 0.389 e. The van der Waals surface area contributed by atoms with E-state index in [0.717, 1.165) is 0 Å². The van der Waals surface area contributed by atoms with E-state index in [4.69, 9.17) is 5.11 Å². The van der Waals surface area contributed by atoms with Crippen LogP contribution in [-0.4, -0.2) is 29.8 Å². The van der Waals surface area contributed by atoms with E-state index in [1.807, 2.05) is 0 Å². The number of alkyl halides is 3. The Kier molecular flexibility index (Phi) is 4.47. The number of hydrogen-bond acceptors (Lipinski definition) is 2. The number of hydrogen-bond donors (Lipinski definition) is 2. The van der Waals surface area contributed by atoms with Crippen LogP contribution in [0.4, 0.5) is 13.2 Å². The molecule has 0 saturated carbocycles. The van der Waals surface area contributed by atoms with Gasteiger partial charge in [0.05, 0.1) is 6.10 Å². The summed E-state index contributed by atoms with van der Waals surface area (Å²) >= 11 is 0. The Balaban J connectivity index is 3.66. The lowest BCUT2D eigenvalue weighted by atomic mass is 10.2. The Bertz CT molecular complexity index is 191. The van der Waals surface area contributed by atoms with E-state index in [9.17, 15) is 18.0 Å². The molecule has 0 aromatic carbocycles. The average molecular weight is 197 g/mol. The van der Waals surface area contributed by atoms with Crippen molar-refractivity contribution in [2.45, 2.75) is 18.7 Å². The number of carbonyl (C=O) groups excluding carboxylic acids is 1. The van der Waals surface area contributed by atoms with Gasteiger partial charge in [-0.2, -0.15) is 13.2 Å². The summed E-state index contributed by atoms with van der Waals surface area (Å²) in [7, 11) is 0. The highest BCUT2D eigenvalue weighted by Crippen LogP contribution is 2.13. The maximum absolute atomic E-state index is 11.6. The van der Waals surface area contributed by atoms with Crippen LogP contribution in [0, 0.1) is 0 Å². The summed E-state index contributed by atoms with van der Waals surface area (Å²) in [6, 6.07) is 0. The van der Waals surface area contributed by atoms with E-state index in [1.54, 1.807) is 5.32 Å². The predicted molar refractivity (Wildman–Crippen MR) is 39.9 cm³/mol. The second kappa shape index (κ2) is 4.86. The van der Waals surface area contributed by atoms with Gasteiger partial charge in [0.2, 0.25) is 0 Å². The second-order valence-corrected chi connectivity index (χ2v) is 2.35. The largest absolute Gasteiger partial charge is 0.471 e. The van der Waals surface area contributed by atoms with Gasteiger partial charge in [0.15, 0.2) is 0 Å². The molecule has 0 aromatic rings. The van der Waals surface area contributed by atoms with Gasteiger partial charge in [-0.1, -0.05) is 6.08 Å². The lowest BCUT2D eigenvalue weighted by molar-refractivity contribution is -0.173. The third kappa shape index (κ3) is 5.24. The number of carbonyl (C=O) groups is 1. The minimum absolute atomic E-state index is 0.0192. The molecule has 0 bridgehead atoms. The van der Waals surface area contributed by atoms with Crippen molar-refractivity contribution in [3.05, 3.63) is 12.7 Å². The Morgan fingerprint density at radius 3 is 2.54 bits per heavy atom. The van der Waals surface area contributed by atoms with Crippen LogP contribution in [0.2, 0.25) is 0 Å². The van der Waals surface area contributed by atoms with Crippen molar-refractivity contribution in [2.24, 2.45) is 0 Å². The Labute approximate surface area is 73.2 Å². The van der Waals surface area contributed by atoms with Crippen molar-refractivity contribution < 1.29 is 23.1 Å². The zero-order valence-electron chi connectivity index (χ0n) is 6.77. The molecular weight excluding hydrogens is 187 g/mol. The number of halogens is 3. The molecule has 0 aliphatic carbocycles. The molecule has 76 valence electrons. The zero-order valence-corrected chi connectivity index (χ0v) is 6.77. The van der Waals surface area contributed by atoms with Crippen LogP contribution in [0.1, 0.15) is 6.42 Å². The maximum atomic E-state index is 11.6. The van der Waals surface area contributed by atoms with Crippen molar-refractivity contribution in [2.75, 3.05) is 6.54 Å². The molecule has 0 radical (unpaired) electrons. The van der Waals surface area contributed by atoms with E-state index < -0.39 is 18.2 Å². The zero-order chi connectivity index (χ0) is 10.5. The van der Waals surface area contributed by atoms with E-state index in [2.05, 4.69) is 6.58 Å². The molecule has 0 aliphatic heterocycles. The van der Waals surface area contributed by atoms with E-state index >= 15 is 0 Å². The number of aliphatic hydroxyl groups is 1. The van der Waals surface area contributed by atoms with E-state index in [-0.39, 0.29) is 13.0 Å². The Morgan fingerprint density at radius 2 is 2.15 bits per heavy atom. The lowest BCUT2D eigenvalue weighted by Gasteiger charge is -2.08. The van der Waals surface area contributed by atoms with Crippen LogP contribution in [0.25, 0.3) is 0 Å². The molecule has 2 N–H and O–H groups in total. The van der Waals surface area contributed by atoms with Crippen LogP contribution in [-0.2, 0) is 4.79 Å². The maximum Gasteiger partial charge on any atom is 0.471 e. The molecular formula is C7H10F3NO2. The summed E-state index contributed by atoms with van der Waals surface area (Å²) in [5.74, 6) is -2.00. The van der Waals surface area contributed by atoms with Crippen molar-refractivity contribution in [1.82, 2.24) is 5.32 Å². The summed E-state index contributed by atoms with van der Waals surface area (Å²) in [6.45, 7) is 2.99. The van der Waals surface area contributed by atoms with Crippen LogP contribution < -0.4 is 5.32 Å². The fraction of sp³-hybridized carbons (Fsp3) is 0.571. The van der Waals surface area contributed by atoms with Crippen molar-refractivity contribution in [1.29, 1.82) is 0 Å². The standard InChI is InChI=1S/C7H10F3NO2/c1-2-5(12)3-4-11-6(13)7(8,9)10/h2,5,12H,1,3-4H2,(H,11,13). The van der Waals surface area contributed by atoms with Gasteiger partial charge >= 0.3 is 12.1 Å². The minimum Gasteiger partial charge on any atom is -0.389 e. The lowest BCUT2D eigenvalue weighted by Crippen LogP contribution is -2.37. The predicted octanol–water partition coefficient (Wildman–Crippen LogP) is 0.602. The van der Waals surface area contributed by atoms with E-state index in [0.29, 0.717) is 0 Å². The monoisotopic (exact) mass is 197 g/mol. The molecule has 1 amide bonds. The minimum atomic E-state index is -4.86. The SMILES string of the molecule is C=CC(O)CCNC(=O)C(F)(F)F. The molecule has 13 heavy (non-hydrogen) atoms. The van der Waals surface area contributed by atoms with Crippen molar-refractivity contribution >= 4 is 5.91 Å². The third-order valence-electron chi connectivity index (χ3n) is 1.26. The van der Waals surface area contributed by atoms with Gasteiger partial charge < -0.3 is 10.4 Å². The van der Waals surface area contributed by atoms with E-state index in [1.165, 1.54) is 6.08 Å². The first kappa shape index (κ1) is 12.0. The van der Waals surface area contributed by atoms with Crippen LogP contribution >= 0.6 is 0 Å². The normalized spacial score (nSPS) is 13.5. The molecule has 0 aromatic heterocycles. The molecule has 0 heterocycles. The first-order valence-corrected chi connectivity index (χ1v) is 3.53. The highest BCUT2D eigenvalue weighted by molar-refractivity contribution is 5.81. The number of rotatable bonds is 4. The fourth-order valence-corrected chi connectivity index (χ4v) is 0.552. The van der Waals surface area contributed by atoms with Gasteiger partial charge in [0.1, 0.15) is 0 Å². The first-order chi connectivity index (χ1) is 5.88. The summed E-state index contributed by atoms with van der Waals surface area (Å²) in [6.07, 6.45) is -4.56. The van der Waals surface area contributed by atoms with Gasteiger partial charge in [-0.3, -0.25) is 4.79 Å². The summed E-state index contributed by atoms with van der Waals surface area (Å²) in [5, 5.41) is 10.4. The summed E-state index contributed by atoms with van der Waals surface area (Å²) in [5.41, 5.74) is 0. The average Bonchev–Trinajstić information content (AvgIpc) is 2.02. The van der Waals surface area contributed by atoms with Gasteiger partial charge in [0, 0.05) is 6.54 Å². The molecule has 0 fully saturated rings.